The van der Waals surface area contributed by atoms with Gasteiger partial charge in [-0.2, -0.15) is 4.98 Å². The number of aromatic nitrogens is 3. The third kappa shape index (κ3) is 5.19. The maximum atomic E-state index is 12.4. The van der Waals surface area contributed by atoms with Gasteiger partial charge in [-0.15, -0.1) is 11.3 Å². The van der Waals surface area contributed by atoms with Gasteiger partial charge >= 0.3 is 0 Å². The summed E-state index contributed by atoms with van der Waals surface area (Å²) < 4.78 is 16.7. The number of hydrogen-bond donors (Lipinski definition) is 3. The number of benzene rings is 2. The Morgan fingerprint density at radius 2 is 1.94 bits per heavy atom. The van der Waals surface area contributed by atoms with E-state index < -0.39 is 17.7 Å². The monoisotopic (exact) mass is 509 g/mol. The summed E-state index contributed by atoms with van der Waals surface area (Å²) >= 11 is 1.44. The molecule has 2 amide bonds. The molecule has 1 atom stereocenters. The quantitative estimate of drug-likeness (QED) is 0.215. The summed E-state index contributed by atoms with van der Waals surface area (Å²) in [5.41, 5.74) is 11.6. The first-order valence-corrected chi connectivity index (χ1v) is 11.7. The van der Waals surface area contributed by atoms with Crippen molar-refractivity contribution in [3.05, 3.63) is 87.0 Å². The summed E-state index contributed by atoms with van der Waals surface area (Å²) in [6.07, 6.45) is 0.672. The average molecular weight is 510 g/mol. The Kier molecular flexibility index (Phi) is 7.56. The van der Waals surface area contributed by atoms with E-state index >= 15 is 0 Å². The highest BCUT2D eigenvalue weighted by atomic mass is 32.1. The lowest BCUT2D eigenvalue weighted by Gasteiger charge is -2.20. The van der Waals surface area contributed by atoms with Gasteiger partial charge in [0.1, 0.15) is 0 Å². The molecule has 12 heteroatoms. The lowest BCUT2D eigenvalue weighted by Crippen LogP contribution is -2.19. The molecule has 0 aliphatic carbocycles. The van der Waals surface area contributed by atoms with Crippen molar-refractivity contribution in [2.75, 3.05) is 14.2 Å². The van der Waals surface area contributed by atoms with Crippen LogP contribution in [0.5, 0.6) is 11.5 Å². The third-order valence-electron chi connectivity index (χ3n) is 5.56. The lowest BCUT2D eigenvalue weighted by molar-refractivity contribution is 0.0706. The highest BCUT2D eigenvalue weighted by Crippen LogP contribution is 2.42. The first kappa shape index (κ1) is 24.8. The SMILES string of the molecule is COc1ccc(C(N)=O)c(C(Cc2cscn2)c2nc(Cc3ccc(C(=O)NO)cc3)no2)c1OC. The molecule has 0 radical (unpaired) electrons. The van der Waals surface area contributed by atoms with Gasteiger partial charge in [0.25, 0.3) is 5.91 Å². The summed E-state index contributed by atoms with van der Waals surface area (Å²) in [6, 6.07) is 9.80. The number of rotatable bonds is 10. The molecule has 11 nitrogen and oxygen atoms in total. The number of carbonyl (C=O) groups excluding carboxylic acids is 2. The standard InChI is InChI=1S/C24H23N5O6S/c1-33-18-8-7-16(22(25)30)20(21(18)34-2)17(10-15-11-36-12-26-15)24-27-19(29-35-24)9-13-3-5-14(6-4-13)23(31)28-32/h3-8,11-12,17,32H,9-10H2,1-2H3,(H2,25,30)(H,28,31). The molecule has 0 aliphatic heterocycles. The Bertz CT molecular complexity index is 1350. The second-order valence-electron chi connectivity index (χ2n) is 7.73. The van der Waals surface area contributed by atoms with Crippen LogP contribution in [0.15, 0.2) is 51.8 Å². The van der Waals surface area contributed by atoms with Gasteiger partial charge in [-0.25, -0.2) is 10.5 Å². The van der Waals surface area contributed by atoms with Gasteiger partial charge in [-0.3, -0.25) is 14.8 Å². The predicted octanol–water partition coefficient (Wildman–Crippen LogP) is 2.73. The van der Waals surface area contributed by atoms with E-state index in [9.17, 15) is 9.59 Å². The van der Waals surface area contributed by atoms with Crippen molar-refractivity contribution < 1.29 is 28.8 Å². The number of hydrogen-bond acceptors (Lipinski definition) is 10. The maximum Gasteiger partial charge on any atom is 0.274 e. The van der Waals surface area contributed by atoms with E-state index in [0.717, 1.165) is 11.3 Å². The van der Waals surface area contributed by atoms with Crippen molar-refractivity contribution in [1.29, 1.82) is 0 Å². The fourth-order valence-corrected chi connectivity index (χ4v) is 4.45. The maximum absolute atomic E-state index is 12.4. The van der Waals surface area contributed by atoms with Crippen molar-refractivity contribution in [1.82, 2.24) is 20.6 Å². The number of amides is 2. The fraction of sp³-hybridized carbons (Fsp3) is 0.208. The zero-order chi connectivity index (χ0) is 25.7. The summed E-state index contributed by atoms with van der Waals surface area (Å²) in [7, 11) is 2.98. The first-order chi connectivity index (χ1) is 17.4. The van der Waals surface area contributed by atoms with E-state index in [1.807, 2.05) is 5.38 Å². The van der Waals surface area contributed by atoms with Crippen LogP contribution in [0.4, 0.5) is 0 Å². The van der Waals surface area contributed by atoms with Gasteiger partial charge in [0, 0.05) is 34.9 Å². The van der Waals surface area contributed by atoms with E-state index in [1.54, 1.807) is 47.4 Å². The first-order valence-electron chi connectivity index (χ1n) is 10.7. The molecule has 0 spiro atoms. The van der Waals surface area contributed by atoms with E-state index in [2.05, 4.69) is 15.1 Å². The van der Waals surface area contributed by atoms with E-state index in [4.69, 9.17) is 24.9 Å². The van der Waals surface area contributed by atoms with Crippen molar-refractivity contribution in [3.8, 4) is 11.5 Å². The number of thiazole rings is 1. The number of nitrogens with one attached hydrogen (secondary N) is 1. The van der Waals surface area contributed by atoms with Crippen LogP contribution in [-0.2, 0) is 12.8 Å². The average Bonchev–Trinajstić information content (AvgIpc) is 3.58. The molecular formula is C24H23N5O6S. The molecule has 4 rings (SSSR count). The second kappa shape index (κ2) is 11.0. The number of ether oxygens (including phenoxy) is 2. The van der Waals surface area contributed by atoms with Gasteiger partial charge in [0.15, 0.2) is 17.3 Å². The normalized spacial score (nSPS) is 11.6. The van der Waals surface area contributed by atoms with Gasteiger partial charge < -0.3 is 19.7 Å². The lowest BCUT2D eigenvalue weighted by atomic mass is 9.88. The van der Waals surface area contributed by atoms with E-state index in [1.165, 1.54) is 25.6 Å². The van der Waals surface area contributed by atoms with Crippen LogP contribution in [-0.4, -0.2) is 46.4 Å². The van der Waals surface area contributed by atoms with E-state index in [-0.39, 0.29) is 11.5 Å². The van der Waals surface area contributed by atoms with Crippen LogP contribution in [0.25, 0.3) is 0 Å². The predicted molar refractivity (Wildman–Crippen MR) is 129 cm³/mol. The topological polar surface area (TPSA) is 163 Å². The molecular weight excluding hydrogens is 486 g/mol. The third-order valence-corrected chi connectivity index (χ3v) is 6.19. The highest BCUT2D eigenvalue weighted by molar-refractivity contribution is 7.07. The van der Waals surface area contributed by atoms with Crippen molar-refractivity contribution >= 4 is 23.2 Å². The molecule has 2 heterocycles. The van der Waals surface area contributed by atoms with Crippen molar-refractivity contribution in [2.24, 2.45) is 5.73 Å². The zero-order valence-electron chi connectivity index (χ0n) is 19.4. The number of carbonyl (C=O) groups is 2. The number of hydroxylamine groups is 1. The van der Waals surface area contributed by atoms with Gasteiger partial charge in [-0.1, -0.05) is 17.3 Å². The van der Waals surface area contributed by atoms with E-state index in [0.29, 0.717) is 41.3 Å². The molecule has 4 aromatic rings. The Labute approximate surface area is 209 Å². The molecule has 0 fully saturated rings. The minimum atomic E-state index is -0.638. The van der Waals surface area contributed by atoms with Gasteiger partial charge in [-0.05, 0) is 29.8 Å². The smallest absolute Gasteiger partial charge is 0.274 e. The minimum absolute atomic E-state index is 0.241. The summed E-state index contributed by atoms with van der Waals surface area (Å²) in [6.45, 7) is 0. The van der Waals surface area contributed by atoms with Crippen molar-refractivity contribution in [3.63, 3.8) is 0 Å². The largest absolute Gasteiger partial charge is 0.493 e. The molecule has 186 valence electrons. The van der Waals surface area contributed by atoms with Crippen LogP contribution in [0.1, 0.15) is 55.2 Å². The molecule has 0 aliphatic rings. The summed E-state index contributed by atoms with van der Waals surface area (Å²) in [5, 5.41) is 14.8. The second-order valence-corrected chi connectivity index (χ2v) is 8.45. The summed E-state index contributed by atoms with van der Waals surface area (Å²) in [5.74, 6) is -0.430. The Morgan fingerprint density at radius 3 is 2.56 bits per heavy atom. The fourth-order valence-electron chi connectivity index (χ4n) is 3.87. The van der Waals surface area contributed by atoms with Gasteiger partial charge in [0.2, 0.25) is 11.8 Å². The molecule has 36 heavy (non-hydrogen) atoms. The van der Waals surface area contributed by atoms with Crippen LogP contribution >= 0.6 is 11.3 Å². The molecule has 4 N–H and O–H groups in total. The minimum Gasteiger partial charge on any atom is -0.493 e. The zero-order valence-corrected chi connectivity index (χ0v) is 20.2. The van der Waals surface area contributed by atoms with Crippen LogP contribution in [0.2, 0.25) is 0 Å². The summed E-state index contributed by atoms with van der Waals surface area (Å²) in [4.78, 5) is 32.9. The number of nitrogens with two attached hydrogens (primary N) is 1. The van der Waals surface area contributed by atoms with Crippen LogP contribution in [0, 0.1) is 0 Å². The Hall–Kier alpha value is -4.29. The molecule has 1 unspecified atom stereocenters. The Balaban J connectivity index is 1.73. The van der Waals surface area contributed by atoms with Crippen LogP contribution < -0.4 is 20.7 Å². The van der Waals surface area contributed by atoms with Crippen molar-refractivity contribution in [2.45, 2.75) is 18.8 Å². The molecule has 2 aromatic heterocycles. The molecule has 0 saturated heterocycles. The number of nitrogens with zero attached hydrogens (tertiary/aromatic N) is 3. The van der Waals surface area contributed by atoms with Gasteiger partial charge in [0.05, 0.1) is 31.3 Å². The molecule has 2 aromatic carbocycles. The van der Waals surface area contributed by atoms with Crippen LogP contribution in [0.3, 0.4) is 0 Å². The Morgan fingerprint density at radius 1 is 1.17 bits per heavy atom. The molecule has 0 bridgehead atoms. The number of primary amides is 1. The highest BCUT2D eigenvalue weighted by Gasteiger charge is 2.31. The number of methoxy groups -OCH3 is 2. The molecule has 0 saturated carbocycles.